The Labute approximate surface area is 166 Å². The second-order valence-electron chi connectivity index (χ2n) is 6.37. The lowest BCUT2D eigenvalue weighted by atomic mass is 9.84. The fourth-order valence-electron chi connectivity index (χ4n) is 2.48. The van der Waals surface area contributed by atoms with Gasteiger partial charge in [-0.15, -0.1) is 0 Å². The number of nitrogens with zero attached hydrogens (tertiary/aromatic N) is 1. The predicted molar refractivity (Wildman–Crippen MR) is 99.8 cm³/mol. The lowest BCUT2D eigenvalue weighted by Crippen LogP contribution is -2.39. The van der Waals surface area contributed by atoms with Crippen LogP contribution in [0.15, 0.2) is 0 Å². The quantitative estimate of drug-likeness (QED) is 0.131. The number of nitro groups is 1. The van der Waals surface area contributed by atoms with Gasteiger partial charge in [0.15, 0.2) is 0 Å². The van der Waals surface area contributed by atoms with E-state index in [9.17, 15) is 35.4 Å². The highest BCUT2D eigenvalue weighted by Crippen LogP contribution is 2.29. The molecule has 0 heterocycles. The smallest absolute Gasteiger partial charge is 0.264 e. The second-order valence-corrected chi connectivity index (χ2v) is 11.3. The first-order chi connectivity index (χ1) is 12.6. The molecule has 0 spiro atoms. The molecule has 28 heavy (non-hydrogen) atoms. The molecular formula is C13H27NO11S3. The predicted octanol–water partition coefficient (Wildman–Crippen LogP) is 0.271. The SMILES string of the molecule is CS(=O)(=O)OCCCC(CCCOS(C)(=O)=O)(CCCOS(C)(=O)=O)[N+](=O)[O-]. The van der Waals surface area contributed by atoms with Crippen molar-refractivity contribution in [2.45, 2.75) is 44.1 Å². The Hall–Kier alpha value is -0.870. The van der Waals surface area contributed by atoms with Crippen LogP contribution in [-0.2, 0) is 42.9 Å². The van der Waals surface area contributed by atoms with Crippen molar-refractivity contribution in [1.82, 2.24) is 0 Å². The van der Waals surface area contributed by atoms with E-state index < -0.39 is 40.8 Å². The summed E-state index contributed by atoms with van der Waals surface area (Å²) in [6, 6.07) is 0. The average molecular weight is 470 g/mol. The molecule has 0 rings (SSSR count). The van der Waals surface area contributed by atoms with E-state index in [0.717, 1.165) is 18.8 Å². The maximum Gasteiger partial charge on any atom is 0.264 e. The molecule has 15 heteroatoms. The fraction of sp³-hybridized carbons (Fsp3) is 1.00. The summed E-state index contributed by atoms with van der Waals surface area (Å²) in [6.07, 6.45) is 2.62. The van der Waals surface area contributed by atoms with Crippen molar-refractivity contribution in [2.75, 3.05) is 38.6 Å². The summed E-state index contributed by atoms with van der Waals surface area (Å²) in [5.74, 6) is 0. The van der Waals surface area contributed by atoms with E-state index in [4.69, 9.17) is 0 Å². The summed E-state index contributed by atoms with van der Waals surface area (Å²) in [4.78, 5) is 11.2. The van der Waals surface area contributed by atoms with Gasteiger partial charge in [-0.25, -0.2) is 0 Å². The molecule has 12 nitrogen and oxygen atoms in total. The summed E-state index contributed by atoms with van der Waals surface area (Å²) >= 11 is 0. The Morgan fingerprint density at radius 3 is 1.11 bits per heavy atom. The topological polar surface area (TPSA) is 173 Å². The van der Waals surface area contributed by atoms with Gasteiger partial charge in [0.25, 0.3) is 30.4 Å². The van der Waals surface area contributed by atoms with Crippen LogP contribution in [0.25, 0.3) is 0 Å². The molecule has 0 fully saturated rings. The van der Waals surface area contributed by atoms with E-state index in [1.807, 2.05) is 0 Å². The molecule has 0 amide bonds. The van der Waals surface area contributed by atoms with E-state index in [1.165, 1.54) is 0 Å². The Kier molecular flexibility index (Phi) is 11.0. The van der Waals surface area contributed by atoms with Gasteiger partial charge < -0.3 is 0 Å². The van der Waals surface area contributed by atoms with Gasteiger partial charge in [0.1, 0.15) is 0 Å². The van der Waals surface area contributed by atoms with Crippen molar-refractivity contribution < 1.29 is 42.7 Å². The van der Waals surface area contributed by atoms with Crippen molar-refractivity contribution in [3.8, 4) is 0 Å². The number of hydrogen-bond donors (Lipinski definition) is 0. The minimum Gasteiger partial charge on any atom is -0.270 e. The summed E-state index contributed by atoms with van der Waals surface area (Å²) in [5.41, 5.74) is -1.53. The van der Waals surface area contributed by atoms with Crippen LogP contribution in [0, 0.1) is 10.1 Å². The van der Waals surface area contributed by atoms with E-state index >= 15 is 0 Å². The van der Waals surface area contributed by atoms with Gasteiger partial charge in [0.2, 0.25) is 5.54 Å². The van der Waals surface area contributed by atoms with Gasteiger partial charge >= 0.3 is 0 Å². The first-order valence-corrected chi connectivity index (χ1v) is 13.7. The van der Waals surface area contributed by atoms with Gasteiger partial charge in [-0.3, -0.25) is 22.7 Å². The third-order valence-corrected chi connectivity index (χ3v) is 5.42. The van der Waals surface area contributed by atoms with Crippen LogP contribution >= 0.6 is 0 Å². The van der Waals surface area contributed by atoms with Crippen molar-refractivity contribution in [2.24, 2.45) is 0 Å². The molecular weight excluding hydrogens is 442 g/mol. The van der Waals surface area contributed by atoms with E-state index in [0.29, 0.717) is 0 Å². The maximum atomic E-state index is 11.7. The minimum absolute atomic E-state index is 0.0483. The molecule has 0 aromatic carbocycles. The standard InChI is InChI=1S/C13H27NO11S3/c1-26(17,18)23-10-4-7-13(14(15)16,8-5-11-24-27(2,19)20)9-6-12-25-28(3,21)22/h4-12H2,1-3H3. The van der Waals surface area contributed by atoms with Crippen LogP contribution < -0.4 is 0 Å². The second kappa shape index (κ2) is 11.3. The lowest BCUT2D eigenvalue weighted by molar-refractivity contribution is -0.574. The highest BCUT2D eigenvalue weighted by atomic mass is 32.2. The Morgan fingerprint density at radius 1 is 0.679 bits per heavy atom. The summed E-state index contributed by atoms with van der Waals surface area (Å²) in [7, 11) is -11.0. The minimum atomic E-state index is -3.68. The third kappa shape index (κ3) is 14.2. The third-order valence-electron chi connectivity index (χ3n) is 3.64. The van der Waals surface area contributed by atoms with Crippen molar-refractivity contribution in [1.29, 1.82) is 0 Å². The van der Waals surface area contributed by atoms with Gasteiger partial charge in [0, 0.05) is 24.2 Å². The van der Waals surface area contributed by atoms with Gasteiger partial charge in [-0.2, -0.15) is 25.3 Å². The van der Waals surface area contributed by atoms with Gasteiger partial charge in [0.05, 0.1) is 38.6 Å². The molecule has 0 unspecified atom stereocenters. The largest absolute Gasteiger partial charge is 0.270 e. The molecule has 168 valence electrons. The molecule has 0 bridgehead atoms. The van der Waals surface area contributed by atoms with Crippen molar-refractivity contribution in [3.63, 3.8) is 0 Å². The van der Waals surface area contributed by atoms with E-state index in [1.54, 1.807) is 0 Å². The summed E-state index contributed by atoms with van der Waals surface area (Å²) in [5, 5.41) is 11.7. The number of hydrogen-bond acceptors (Lipinski definition) is 11. The molecule has 0 aliphatic heterocycles. The Morgan fingerprint density at radius 2 is 0.929 bits per heavy atom. The average Bonchev–Trinajstić information content (AvgIpc) is 2.48. The highest BCUT2D eigenvalue weighted by Gasteiger charge is 2.41. The molecule has 0 N–H and O–H groups in total. The molecule has 0 aromatic heterocycles. The molecule has 0 aliphatic rings. The molecule has 0 aliphatic carbocycles. The highest BCUT2D eigenvalue weighted by molar-refractivity contribution is 7.86. The molecule has 0 aromatic rings. The zero-order valence-electron chi connectivity index (χ0n) is 16.0. The van der Waals surface area contributed by atoms with Crippen LogP contribution in [0.2, 0.25) is 0 Å². The van der Waals surface area contributed by atoms with E-state index in [2.05, 4.69) is 12.5 Å². The van der Waals surface area contributed by atoms with Crippen LogP contribution in [0.5, 0.6) is 0 Å². The lowest BCUT2D eigenvalue weighted by Gasteiger charge is -2.25. The number of rotatable bonds is 16. The van der Waals surface area contributed by atoms with Crippen LogP contribution in [0.3, 0.4) is 0 Å². The zero-order chi connectivity index (χ0) is 22.1. The van der Waals surface area contributed by atoms with Gasteiger partial charge in [-0.05, 0) is 19.3 Å². The Bertz CT molecular complexity index is 705. The first kappa shape index (κ1) is 27.1. The zero-order valence-corrected chi connectivity index (χ0v) is 18.5. The van der Waals surface area contributed by atoms with Crippen LogP contribution in [-0.4, -0.2) is 74.3 Å². The first-order valence-electron chi connectivity index (χ1n) is 8.24. The van der Waals surface area contributed by atoms with Crippen LogP contribution in [0.1, 0.15) is 38.5 Å². The summed E-state index contributed by atoms with van der Waals surface area (Å²) in [6.45, 7) is -0.726. The van der Waals surface area contributed by atoms with Crippen LogP contribution in [0.4, 0.5) is 0 Å². The molecule has 0 saturated carbocycles. The van der Waals surface area contributed by atoms with Crippen molar-refractivity contribution >= 4 is 30.4 Å². The fourth-order valence-corrected chi connectivity index (χ4v) is 3.75. The normalized spacial score (nSPS) is 13.5. The monoisotopic (exact) mass is 469 g/mol. The molecule has 0 saturated heterocycles. The molecule has 0 radical (unpaired) electrons. The molecule has 0 atom stereocenters. The van der Waals surface area contributed by atoms with Crippen molar-refractivity contribution in [3.05, 3.63) is 10.1 Å². The maximum absolute atomic E-state index is 11.7. The Balaban J connectivity index is 5.00. The van der Waals surface area contributed by atoms with E-state index in [-0.39, 0.29) is 58.3 Å². The van der Waals surface area contributed by atoms with Gasteiger partial charge in [-0.1, -0.05) is 0 Å². The summed E-state index contributed by atoms with van der Waals surface area (Å²) < 4.78 is 79.7.